The van der Waals surface area contributed by atoms with Crippen molar-refractivity contribution < 1.29 is 19.0 Å². The Kier molecular flexibility index (Phi) is 3.97. The Morgan fingerprint density at radius 1 is 1.59 bits per heavy atom. The molecule has 1 aromatic carbocycles. The van der Waals surface area contributed by atoms with Gasteiger partial charge in [0.1, 0.15) is 18.2 Å². The minimum atomic E-state index is -0.671. The molecule has 2 atom stereocenters. The monoisotopic (exact) mass is 240 g/mol. The van der Waals surface area contributed by atoms with E-state index in [0.29, 0.717) is 17.9 Å². The second-order valence-electron chi connectivity index (χ2n) is 4.30. The number of ether oxygens (including phenoxy) is 2. The van der Waals surface area contributed by atoms with Crippen LogP contribution < -0.4 is 4.74 Å². The molecule has 0 saturated carbocycles. The van der Waals surface area contributed by atoms with Crippen molar-refractivity contribution in [3.8, 4) is 5.75 Å². The topological polar surface area (TPSA) is 38.7 Å². The summed E-state index contributed by atoms with van der Waals surface area (Å²) >= 11 is 0. The Morgan fingerprint density at radius 2 is 2.41 bits per heavy atom. The van der Waals surface area contributed by atoms with E-state index in [1.54, 1.807) is 13.0 Å². The van der Waals surface area contributed by atoms with Crippen LogP contribution in [0.5, 0.6) is 5.75 Å². The Morgan fingerprint density at radius 3 is 3.06 bits per heavy atom. The summed E-state index contributed by atoms with van der Waals surface area (Å²) in [5, 5.41) is 9.55. The van der Waals surface area contributed by atoms with Crippen LogP contribution in [0.3, 0.4) is 0 Å². The van der Waals surface area contributed by atoms with E-state index in [1.807, 2.05) is 0 Å². The second-order valence-corrected chi connectivity index (χ2v) is 4.30. The molecular formula is C13H17FO3. The van der Waals surface area contributed by atoms with E-state index in [2.05, 4.69) is 0 Å². The predicted octanol–water partition coefficient (Wildman–Crippen LogP) is 2.44. The van der Waals surface area contributed by atoms with Crippen molar-refractivity contribution in [1.82, 2.24) is 0 Å². The van der Waals surface area contributed by atoms with Gasteiger partial charge in [0, 0.05) is 18.2 Å². The van der Waals surface area contributed by atoms with Gasteiger partial charge in [0.15, 0.2) is 0 Å². The molecule has 0 aliphatic carbocycles. The van der Waals surface area contributed by atoms with Gasteiger partial charge in [-0.15, -0.1) is 0 Å². The predicted molar refractivity (Wildman–Crippen MR) is 61.5 cm³/mol. The molecule has 1 heterocycles. The minimum Gasteiger partial charge on any atom is -0.490 e. The molecule has 1 fully saturated rings. The molecule has 17 heavy (non-hydrogen) atoms. The second kappa shape index (κ2) is 5.47. The number of hydrogen-bond acceptors (Lipinski definition) is 3. The lowest BCUT2D eigenvalue weighted by atomic mass is 10.1. The summed E-state index contributed by atoms with van der Waals surface area (Å²) < 4.78 is 24.1. The maximum atomic E-state index is 13.1. The molecule has 0 aromatic heterocycles. The Labute approximate surface area is 100 Å². The third-order valence-corrected chi connectivity index (χ3v) is 2.87. The van der Waals surface area contributed by atoms with Crippen molar-refractivity contribution in [2.75, 3.05) is 13.2 Å². The van der Waals surface area contributed by atoms with Crippen molar-refractivity contribution in [2.24, 2.45) is 0 Å². The van der Waals surface area contributed by atoms with E-state index in [1.165, 1.54) is 12.1 Å². The minimum absolute atomic E-state index is 0.0834. The summed E-state index contributed by atoms with van der Waals surface area (Å²) in [6, 6.07) is 4.17. The van der Waals surface area contributed by atoms with Crippen LogP contribution >= 0.6 is 0 Å². The highest BCUT2D eigenvalue weighted by molar-refractivity contribution is 5.35. The molecular weight excluding hydrogens is 223 g/mol. The summed E-state index contributed by atoms with van der Waals surface area (Å²) in [6.45, 7) is 2.80. The molecule has 0 radical (unpaired) electrons. The molecule has 2 rings (SSSR count). The number of rotatable bonds is 4. The van der Waals surface area contributed by atoms with Crippen LogP contribution in [0.4, 0.5) is 4.39 Å². The van der Waals surface area contributed by atoms with Crippen LogP contribution in [-0.2, 0) is 4.74 Å². The first-order chi connectivity index (χ1) is 8.16. The van der Waals surface area contributed by atoms with Gasteiger partial charge < -0.3 is 14.6 Å². The standard InChI is InChI=1S/C13H17FO3/c1-9(15)12-5-4-10(14)7-13(12)17-8-11-3-2-6-16-11/h4-5,7,9,11,15H,2-3,6,8H2,1H3/t9-,11?/m1/s1. The van der Waals surface area contributed by atoms with Crippen molar-refractivity contribution >= 4 is 0 Å². The van der Waals surface area contributed by atoms with E-state index in [-0.39, 0.29) is 11.9 Å². The zero-order valence-corrected chi connectivity index (χ0v) is 9.86. The van der Waals surface area contributed by atoms with Gasteiger partial charge in [-0.1, -0.05) is 0 Å². The highest BCUT2D eigenvalue weighted by Crippen LogP contribution is 2.26. The van der Waals surface area contributed by atoms with Gasteiger partial charge in [-0.05, 0) is 31.9 Å². The molecule has 1 aliphatic rings. The summed E-state index contributed by atoms with van der Waals surface area (Å²) in [7, 11) is 0. The Bertz CT molecular complexity index is 373. The molecule has 3 nitrogen and oxygen atoms in total. The summed E-state index contributed by atoms with van der Waals surface area (Å²) in [5.41, 5.74) is 0.601. The quantitative estimate of drug-likeness (QED) is 0.878. The van der Waals surface area contributed by atoms with Crippen LogP contribution in [0.2, 0.25) is 0 Å². The van der Waals surface area contributed by atoms with Crippen molar-refractivity contribution in [2.45, 2.75) is 32.0 Å². The Hall–Kier alpha value is -1.13. The van der Waals surface area contributed by atoms with Gasteiger partial charge >= 0.3 is 0 Å². The first-order valence-electron chi connectivity index (χ1n) is 5.88. The number of aliphatic hydroxyl groups excluding tert-OH is 1. The van der Waals surface area contributed by atoms with E-state index < -0.39 is 6.10 Å². The zero-order valence-electron chi connectivity index (χ0n) is 9.86. The van der Waals surface area contributed by atoms with Crippen LogP contribution in [0.15, 0.2) is 18.2 Å². The zero-order chi connectivity index (χ0) is 12.3. The summed E-state index contributed by atoms with van der Waals surface area (Å²) in [6.07, 6.45) is 1.43. The first-order valence-corrected chi connectivity index (χ1v) is 5.88. The molecule has 1 saturated heterocycles. The third kappa shape index (κ3) is 3.17. The highest BCUT2D eigenvalue weighted by atomic mass is 19.1. The number of halogens is 1. The maximum Gasteiger partial charge on any atom is 0.128 e. The van der Waals surface area contributed by atoms with Crippen LogP contribution in [-0.4, -0.2) is 24.4 Å². The smallest absolute Gasteiger partial charge is 0.128 e. The van der Waals surface area contributed by atoms with Gasteiger partial charge in [0.2, 0.25) is 0 Å². The largest absolute Gasteiger partial charge is 0.490 e. The van der Waals surface area contributed by atoms with E-state index in [0.717, 1.165) is 19.4 Å². The lowest BCUT2D eigenvalue weighted by molar-refractivity contribution is 0.0663. The van der Waals surface area contributed by atoms with Gasteiger partial charge in [-0.2, -0.15) is 0 Å². The maximum absolute atomic E-state index is 13.1. The first kappa shape index (κ1) is 12.3. The van der Waals surface area contributed by atoms with Crippen molar-refractivity contribution in [3.63, 3.8) is 0 Å². The number of benzene rings is 1. The summed E-state index contributed by atoms with van der Waals surface area (Å²) in [5.74, 6) is 0.0345. The van der Waals surface area contributed by atoms with Gasteiger partial charge in [-0.25, -0.2) is 4.39 Å². The number of hydrogen-bond donors (Lipinski definition) is 1. The fourth-order valence-electron chi connectivity index (χ4n) is 1.94. The average molecular weight is 240 g/mol. The van der Waals surface area contributed by atoms with Gasteiger partial charge in [-0.3, -0.25) is 0 Å². The third-order valence-electron chi connectivity index (χ3n) is 2.87. The van der Waals surface area contributed by atoms with E-state index in [4.69, 9.17) is 9.47 Å². The molecule has 94 valence electrons. The molecule has 0 bridgehead atoms. The molecule has 0 spiro atoms. The molecule has 1 N–H and O–H groups in total. The van der Waals surface area contributed by atoms with Crippen LogP contribution in [0.25, 0.3) is 0 Å². The van der Waals surface area contributed by atoms with E-state index in [9.17, 15) is 9.50 Å². The molecule has 4 heteroatoms. The highest BCUT2D eigenvalue weighted by Gasteiger charge is 2.17. The normalized spacial score (nSPS) is 21.5. The molecule has 1 unspecified atom stereocenters. The average Bonchev–Trinajstić information content (AvgIpc) is 2.78. The fourth-order valence-corrected chi connectivity index (χ4v) is 1.94. The molecule has 0 amide bonds. The molecule has 1 aliphatic heterocycles. The van der Waals surface area contributed by atoms with Gasteiger partial charge in [0.05, 0.1) is 12.2 Å². The van der Waals surface area contributed by atoms with Gasteiger partial charge in [0.25, 0.3) is 0 Å². The van der Waals surface area contributed by atoms with E-state index >= 15 is 0 Å². The van der Waals surface area contributed by atoms with Crippen LogP contribution in [0.1, 0.15) is 31.4 Å². The lowest BCUT2D eigenvalue weighted by Gasteiger charge is -2.16. The summed E-state index contributed by atoms with van der Waals surface area (Å²) in [4.78, 5) is 0. The lowest BCUT2D eigenvalue weighted by Crippen LogP contribution is -2.17. The van der Waals surface area contributed by atoms with Crippen molar-refractivity contribution in [1.29, 1.82) is 0 Å². The fraction of sp³-hybridized carbons (Fsp3) is 0.538. The number of aliphatic hydroxyl groups is 1. The Balaban J connectivity index is 2.04. The molecule has 1 aromatic rings. The SMILES string of the molecule is C[C@@H](O)c1ccc(F)cc1OCC1CCCO1. The van der Waals surface area contributed by atoms with Crippen LogP contribution in [0, 0.1) is 5.82 Å². The van der Waals surface area contributed by atoms with Crippen molar-refractivity contribution in [3.05, 3.63) is 29.6 Å².